The van der Waals surface area contributed by atoms with E-state index in [1.807, 2.05) is 6.07 Å². The summed E-state index contributed by atoms with van der Waals surface area (Å²) in [4.78, 5) is 0. The minimum absolute atomic E-state index is 0.151. The molecule has 0 unspecified atom stereocenters. The Balaban J connectivity index is 0.947. The Labute approximate surface area is 472 Å². The smallest absolute Gasteiger partial charge is 0.253 e. The van der Waals surface area contributed by atoms with Crippen molar-refractivity contribution >= 4 is 175 Å². The number of hydrogen-bond donors (Lipinski definition) is 0. The molecule has 0 atom stereocenters. The van der Waals surface area contributed by atoms with Gasteiger partial charge in [0, 0.05) is 65.4 Å². The molecule has 15 aromatic carbocycles. The van der Waals surface area contributed by atoms with Crippen LogP contribution in [0.4, 0.5) is 0 Å². The first-order valence-corrected chi connectivity index (χ1v) is 28.8. The third-order valence-electron chi connectivity index (χ3n) is 19.4. The lowest BCUT2D eigenvalue weighted by molar-refractivity contribution is 0.668. The van der Waals surface area contributed by atoms with Crippen molar-refractivity contribution in [2.75, 3.05) is 0 Å². The number of rotatable bonds is 2. The molecule has 2 aliphatic rings. The van der Waals surface area contributed by atoms with Crippen LogP contribution in [0, 0.1) is 0 Å². The fourth-order valence-electron chi connectivity index (χ4n) is 16.1. The normalized spacial score (nSPS) is 13.0. The van der Waals surface area contributed by atoms with Crippen molar-refractivity contribution in [2.45, 2.75) is 0 Å². The average Bonchev–Trinajstić information content (AvgIpc) is 1.85. The number of hydrogen-bond acceptors (Lipinski definition) is 2. The third kappa shape index (κ3) is 5.30. The van der Waals surface area contributed by atoms with Gasteiger partial charge in [0.2, 0.25) is 0 Å². The number of fused-ring (bicyclic) bond motifs is 30. The Morgan fingerprint density at radius 2 is 0.687 bits per heavy atom. The van der Waals surface area contributed by atoms with Gasteiger partial charge in [0.15, 0.2) is 0 Å². The first kappa shape index (κ1) is 43.0. The standard InChI is InChI=1S/C78H41BN2O2/c1-3-18-50-46(14-1)48-16-5-7-22-56(48)72-58(50)33-35-65-74(72)62-41-60-51-19-4-2-15-47(51)49-17-6-8-23-57(49)73(60)76-78(62)81(65)67-25-13-24-66-75(67)79(76)63-38-45(44-29-32-55-53-21-10-12-27-69(53)83-71(55)40-44)37-61-59-36-42(30-34-64(59)80(66)77(61)63)43-28-31-54-52-20-9-11-26-68(52)82-70(54)39-43/h1-41H. The van der Waals surface area contributed by atoms with E-state index >= 15 is 0 Å². The quantitative estimate of drug-likeness (QED) is 0.128. The Morgan fingerprint density at radius 3 is 1.31 bits per heavy atom. The van der Waals surface area contributed by atoms with E-state index < -0.39 is 0 Å². The van der Waals surface area contributed by atoms with Crippen LogP contribution in [0.2, 0.25) is 0 Å². The topological polar surface area (TPSA) is 36.1 Å². The molecule has 83 heavy (non-hydrogen) atoms. The molecule has 4 aromatic heterocycles. The van der Waals surface area contributed by atoms with Gasteiger partial charge in [-0.15, -0.1) is 0 Å². The summed E-state index contributed by atoms with van der Waals surface area (Å²) in [5.74, 6) is 0. The van der Waals surface area contributed by atoms with Gasteiger partial charge in [-0.25, -0.2) is 0 Å². The molecule has 21 rings (SSSR count). The molecule has 0 amide bonds. The van der Waals surface area contributed by atoms with Crippen LogP contribution in [-0.2, 0) is 0 Å². The van der Waals surface area contributed by atoms with Crippen molar-refractivity contribution in [3.8, 4) is 33.6 Å². The molecule has 0 N–H and O–H groups in total. The second-order valence-electron chi connectivity index (χ2n) is 23.3. The first-order chi connectivity index (χ1) is 41.2. The molecule has 5 heteroatoms. The maximum Gasteiger partial charge on any atom is 0.253 e. The Bertz CT molecular complexity index is 6230. The second-order valence-corrected chi connectivity index (χ2v) is 23.3. The highest BCUT2D eigenvalue weighted by molar-refractivity contribution is 7.02. The zero-order valence-corrected chi connectivity index (χ0v) is 44.5. The van der Waals surface area contributed by atoms with Crippen molar-refractivity contribution in [2.24, 2.45) is 0 Å². The van der Waals surface area contributed by atoms with Crippen LogP contribution in [-0.4, -0.2) is 15.8 Å². The summed E-state index contributed by atoms with van der Waals surface area (Å²) < 4.78 is 18.5. The zero-order valence-electron chi connectivity index (χ0n) is 44.5. The van der Waals surface area contributed by atoms with E-state index in [1.165, 1.54) is 136 Å². The lowest BCUT2D eigenvalue weighted by atomic mass is 9.33. The van der Waals surface area contributed by atoms with Crippen molar-refractivity contribution in [3.05, 3.63) is 249 Å². The largest absolute Gasteiger partial charge is 0.456 e. The van der Waals surface area contributed by atoms with Gasteiger partial charge in [0.1, 0.15) is 22.3 Å². The molecular formula is C78H41BN2O2. The SMILES string of the molecule is c1cc2c3c(c1)-n1c4ccc5c6ccccc6c6ccccc6c5c4c4cc5c6ccccc6c6ccccc6c5c(c41)B3c1cc(-c3ccc4c(c3)oc3ccccc34)cc3c4cc(-c5ccc6c(c5)oc5ccccc56)ccc4n-2c13. The minimum atomic E-state index is -0.151. The van der Waals surface area contributed by atoms with Crippen molar-refractivity contribution < 1.29 is 8.83 Å². The van der Waals surface area contributed by atoms with Crippen molar-refractivity contribution in [1.29, 1.82) is 0 Å². The first-order valence-electron chi connectivity index (χ1n) is 28.8. The molecule has 0 saturated carbocycles. The summed E-state index contributed by atoms with van der Waals surface area (Å²) >= 11 is 0. The number of benzene rings is 15. The van der Waals surface area contributed by atoms with E-state index in [0.29, 0.717) is 0 Å². The van der Waals surface area contributed by atoms with Crippen molar-refractivity contribution in [1.82, 2.24) is 9.13 Å². The summed E-state index contributed by atoms with van der Waals surface area (Å²) in [5.41, 5.74) is 19.5. The molecular weight excluding hydrogens is 1010 g/mol. The van der Waals surface area contributed by atoms with Crippen LogP contribution >= 0.6 is 0 Å². The molecule has 19 aromatic rings. The van der Waals surface area contributed by atoms with Crippen LogP contribution in [0.5, 0.6) is 0 Å². The summed E-state index contributed by atoms with van der Waals surface area (Å²) in [7, 11) is 0. The van der Waals surface area contributed by atoms with Crippen molar-refractivity contribution in [3.63, 3.8) is 0 Å². The van der Waals surface area contributed by atoms with Gasteiger partial charge in [0.25, 0.3) is 6.71 Å². The number of furan rings is 2. The van der Waals surface area contributed by atoms with Crippen LogP contribution in [0.1, 0.15) is 0 Å². The summed E-state index contributed by atoms with van der Waals surface area (Å²) in [6, 6.07) is 93.3. The molecule has 6 heterocycles. The van der Waals surface area contributed by atoms with Crippen LogP contribution < -0.4 is 16.4 Å². The fraction of sp³-hybridized carbons (Fsp3) is 0. The number of nitrogens with zero attached hydrogens (tertiary/aromatic N) is 2. The molecule has 0 spiro atoms. The second kappa shape index (κ2) is 15.1. The van der Waals surface area contributed by atoms with E-state index in [1.54, 1.807) is 0 Å². The van der Waals surface area contributed by atoms with E-state index in [4.69, 9.17) is 8.83 Å². The molecule has 0 bridgehead atoms. The van der Waals surface area contributed by atoms with Gasteiger partial charge in [-0.05, 0) is 177 Å². The van der Waals surface area contributed by atoms with Gasteiger partial charge < -0.3 is 18.0 Å². The predicted octanol–water partition coefficient (Wildman–Crippen LogP) is 19.1. The molecule has 0 fully saturated rings. The fourth-order valence-corrected chi connectivity index (χ4v) is 16.1. The molecule has 2 aliphatic heterocycles. The van der Waals surface area contributed by atoms with E-state index in [-0.39, 0.29) is 6.71 Å². The maximum atomic E-state index is 6.67. The highest BCUT2D eigenvalue weighted by Crippen LogP contribution is 2.49. The highest BCUT2D eigenvalue weighted by atomic mass is 16.3. The number of aromatic nitrogens is 2. The molecule has 0 saturated heterocycles. The van der Waals surface area contributed by atoms with Gasteiger partial charge >= 0.3 is 0 Å². The Morgan fingerprint density at radius 1 is 0.241 bits per heavy atom. The van der Waals surface area contributed by atoms with Gasteiger partial charge in [-0.1, -0.05) is 170 Å². The number of para-hydroxylation sites is 2. The minimum Gasteiger partial charge on any atom is -0.456 e. The summed E-state index contributed by atoms with van der Waals surface area (Å²) in [6.07, 6.45) is 0. The third-order valence-corrected chi connectivity index (χ3v) is 19.4. The van der Waals surface area contributed by atoms with Crippen LogP contribution in [0.25, 0.3) is 186 Å². The van der Waals surface area contributed by atoms with Gasteiger partial charge in [-0.2, -0.15) is 0 Å². The molecule has 0 aliphatic carbocycles. The Kier molecular flexibility index (Phi) is 7.83. The van der Waals surface area contributed by atoms with Crippen LogP contribution in [0.15, 0.2) is 258 Å². The zero-order chi connectivity index (χ0) is 53.5. The molecule has 0 radical (unpaired) electrons. The van der Waals surface area contributed by atoms with E-state index in [9.17, 15) is 0 Å². The summed E-state index contributed by atoms with van der Waals surface area (Å²) in [6.45, 7) is -0.151. The molecule has 378 valence electrons. The Hall–Kier alpha value is -10.9. The van der Waals surface area contributed by atoms with Crippen LogP contribution in [0.3, 0.4) is 0 Å². The lowest BCUT2D eigenvalue weighted by Gasteiger charge is -2.35. The highest BCUT2D eigenvalue weighted by Gasteiger charge is 2.43. The van der Waals surface area contributed by atoms with E-state index in [2.05, 4.69) is 252 Å². The predicted molar refractivity (Wildman–Crippen MR) is 350 cm³/mol. The van der Waals surface area contributed by atoms with E-state index in [0.717, 1.165) is 66.1 Å². The lowest BCUT2D eigenvalue weighted by Crippen LogP contribution is -2.59. The monoisotopic (exact) mass is 1050 g/mol. The van der Waals surface area contributed by atoms with Gasteiger partial charge in [0.05, 0.1) is 16.6 Å². The van der Waals surface area contributed by atoms with Gasteiger partial charge in [-0.3, -0.25) is 0 Å². The molecule has 4 nitrogen and oxygen atoms in total. The maximum absolute atomic E-state index is 6.67. The summed E-state index contributed by atoms with van der Waals surface area (Å²) in [5, 5.41) is 24.9. The average molecular weight is 1050 g/mol.